The fourth-order valence-electron chi connectivity index (χ4n) is 4.68. The standard InChI is InChI=1S/C29H31N4O8/c1-8-9-20-22(37-4)12-11-21-26(28(34)18-14-23(38-5)29(40-7)24(15-18)39-6)30-31(27(20)21)17-33(2,3)16-19-10-13-25(41-19)32(35)36/h10-15H,16-17H2,1-7H3/q+1. The molecular weight excluding hydrogens is 532 g/mol. The van der Waals surface area contributed by atoms with Crippen molar-refractivity contribution in [2.45, 2.75) is 20.1 Å². The number of rotatable bonds is 11. The Morgan fingerprint density at radius 3 is 2.22 bits per heavy atom. The Hall–Kier alpha value is -5.02. The predicted octanol–water partition coefficient (Wildman–Crippen LogP) is 4.41. The lowest BCUT2D eigenvalue weighted by atomic mass is 10.0. The third-order valence-corrected chi connectivity index (χ3v) is 6.41. The zero-order valence-corrected chi connectivity index (χ0v) is 23.9. The van der Waals surface area contributed by atoms with Gasteiger partial charge in [0, 0.05) is 10.9 Å². The minimum absolute atomic E-state index is 0.199. The first kappa shape index (κ1) is 29.0. The molecule has 0 amide bonds. The van der Waals surface area contributed by atoms with Gasteiger partial charge >= 0.3 is 5.88 Å². The zero-order valence-electron chi connectivity index (χ0n) is 23.9. The number of hydrogen-bond acceptors (Lipinski definition) is 9. The molecule has 0 saturated carbocycles. The molecule has 4 rings (SSSR count). The van der Waals surface area contributed by atoms with Gasteiger partial charge in [0.25, 0.3) is 0 Å². The number of quaternary nitrogens is 1. The number of hydrogen-bond donors (Lipinski definition) is 0. The molecule has 0 aliphatic carbocycles. The summed E-state index contributed by atoms with van der Waals surface area (Å²) in [6, 6.07) is 9.59. The summed E-state index contributed by atoms with van der Waals surface area (Å²) < 4.78 is 29.3. The summed E-state index contributed by atoms with van der Waals surface area (Å²) >= 11 is 0. The molecular formula is C29H31N4O8+. The van der Waals surface area contributed by atoms with Crippen molar-refractivity contribution in [3.63, 3.8) is 0 Å². The second-order valence-electron chi connectivity index (χ2n) is 9.74. The summed E-state index contributed by atoms with van der Waals surface area (Å²) in [6.45, 7) is 2.31. The van der Waals surface area contributed by atoms with Crippen molar-refractivity contribution < 1.29 is 37.6 Å². The summed E-state index contributed by atoms with van der Waals surface area (Å²) in [4.78, 5) is 24.5. The van der Waals surface area contributed by atoms with E-state index < -0.39 is 4.92 Å². The van der Waals surface area contributed by atoms with E-state index in [4.69, 9.17) is 28.5 Å². The quantitative estimate of drug-likeness (QED) is 0.0857. The maximum atomic E-state index is 14.0. The van der Waals surface area contributed by atoms with Crippen LogP contribution in [0.2, 0.25) is 0 Å². The molecule has 41 heavy (non-hydrogen) atoms. The average Bonchev–Trinajstić information content (AvgIpc) is 3.56. The minimum Gasteiger partial charge on any atom is -0.495 e. The van der Waals surface area contributed by atoms with E-state index in [1.807, 2.05) is 14.1 Å². The highest BCUT2D eigenvalue weighted by molar-refractivity contribution is 6.16. The largest absolute Gasteiger partial charge is 0.495 e. The Labute approximate surface area is 236 Å². The van der Waals surface area contributed by atoms with Gasteiger partial charge in [-0.25, -0.2) is 4.68 Å². The number of ether oxygens (including phenoxy) is 4. The monoisotopic (exact) mass is 563 g/mol. The molecule has 12 heteroatoms. The fraction of sp³-hybridized carbons (Fsp3) is 0.310. The molecule has 0 N–H and O–H groups in total. The Balaban J connectivity index is 1.87. The fourth-order valence-corrected chi connectivity index (χ4v) is 4.68. The molecule has 0 aliphatic rings. The van der Waals surface area contributed by atoms with Gasteiger partial charge in [-0.2, -0.15) is 5.10 Å². The highest BCUT2D eigenvalue weighted by Gasteiger charge is 2.28. The summed E-state index contributed by atoms with van der Waals surface area (Å²) in [5.41, 5.74) is 1.69. The number of nitro groups is 1. The molecule has 0 saturated heterocycles. The Morgan fingerprint density at radius 2 is 1.68 bits per heavy atom. The molecule has 0 radical (unpaired) electrons. The van der Waals surface area contributed by atoms with Crippen molar-refractivity contribution in [2.75, 3.05) is 42.5 Å². The van der Waals surface area contributed by atoms with Crippen molar-refractivity contribution in [1.29, 1.82) is 0 Å². The van der Waals surface area contributed by atoms with Crippen LogP contribution in [0.5, 0.6) is 23.0 Å². The third kappa shape index (κ3) is 5.66. The smallest absolute Gasteiger partial charge is 0.433 e. The van der Waals surface area contributed by atoms with Crippen molar-refractivity contribution in [1.82, 2.24) is 9.78 Å². The van der Waals surface area contributed by atoms with Crippen LogP contribution < -0.4 is 18.9 Å². The number of furan rings is 1. The Bertz CT molecular complexity index is 1670. The van der Waals surface area contributed by atoms with Gasteiger partial charge in [-0.3, -0.25) is 14.9 Å². The lowest BCUT2D eigenvalue weighted by Crippen LogP contribution is -2.40. The summed E-state index contributed by atoms with van der Waals surface area (Å²) in [7, 11) is 9.84. The molecule has 0 unspecified atom stereocenters. The molecule has 2 heterocycles. The van der Waals surface area contributed by atoms with Crippen molar-refractivity contribution in [2.24, 2.45) is 0 Å². The molecule has 4 aromatic rings. The number of carbonyl (C=O) groups excluding carboxylic acids is 1. The van der Waals surface area contributed by atoms with E-state index in [1.54, 1.807) is 49.0 Å². The second-order valence-corrected chi connectivity index (χ2v) is 9.74. The van der Waals surface area contributed by atoms with Crippen LogP contribution >= 0.6 is 0 Å². The van der Waals surface area contributed by atoms with Gasteiger partial charge in [0.05, 0.1) is 59.7 Å². The lowest BCUT2D eigenvalue weighted by molar-refractivity contribution is -0.926. The predicted molar refractivity (Wildman–Crippen MR) is 150 cm³/mol. The number of fused-ring (bicyclic) bond motifs is 1. The molecule has 0 spiro atoms. The highest BCUT2D eigenvalue weighted by atomic mass is 16.6. The molecule has 0 atom stereocenters. The lowest BCUT2D eigenvalue weighted by Gasteiger charge is -2.28. The van der Waals surface area contributed by atoms with Gasteiger partial charge in [0.2, 0.25) is 11.5 Å². The summed E-state index contributed by atoms with van der Waals surface area (Å²) in [5, 5.41) is 16.4. The number of benzene rings is 2. The van der Waals surface area contributed by atoms with Crippen LogP contribution in [-0.2, 0) is 13.2 Å². The van der Waals surface area contributed by atoms with E-state index in [2.05, 4.69) is 11.8 Å². The normalized spacial score (nSPS) is 11.1. The van der Waals surface area contributed by atoms with Crippen LogP contribution in [0.25, 0.3) is 10.9 Å². The first-order valence-corrected chi connectivity index (χ1v) is 12.5. The molecule has 0 bridgehead atoms. The maximum Gasteiger partial charge on any atom is 0.433 e. The van der Waals surface area contributed by atoms with Gasteiger partial charge in [0.15, 0.2) is 23.9 Å². The van der Waals surface area contributed by atoms with E-state index in [0.717, 1.165) is 0 Å². The van der Waals surface area contributed by atoms with Crippen LogP contribution in [0, 0.1) is 22.0 Å². The molecule has 0 fully saturated rings. The van der Waals surface area contributed by atoms with E-state index >= 15 is 0 Å². The number of ketones is 1. The summed E-state index contributed by atoms with van der Waals surface area (Å²) in [6.07, 6.45) is 0. The topological polar surface area (TPSA) is 128 Å². The molecule has 2 aromatic carbocycles. The number of methoxy groups -OCH3 is 4. The third-order valence-electron chi connectivity index (χ3n) is 6.41. The maximum absolute atomic E-state index is 14.0. The van der Waals surface area contributed by atoms with E-state index in [-0.39, 0.29) is 28.5 Å². The SMILES string of the molecule is CC#Cc1c(OC)ccc2c(C(=O)c3cc(OC)c(OC)c(OC)c3)nn(C[N+](C)(C)Cc3ccc([N+](=O)[O-])o3)c12. The molecule has 214 valence electrons. The van der Waals surface area contributed by atoms with E-state index in [1.165, 1.54) is 27.4 Å². The Morgan fingerprint density at radius 1 is 1.02 bits per heavy atom. The molecule has 12 nitrogen and oxygen atoms in total. The van der Waals surface area contributed by atoms with Gasteiger partial charge in [-0.15, -0.1) is 5.92 Å². The average molecular weight is 564 g/mol. The van der Waals surface area contributed by atoms with Gasteiger partial charge in [-0.05, 0) is 37.3 Å². The van der Waals surface area contributed by atoms with Crippen molar-refractivity contribution in [3.05, 3.63) is 69.1 Å². The minimum atomic E-state index is -0.576. The van der Waals surface area contributed by atoms with Gasteiger partial charge < -0.3 is 27.8 Å². The molecule has 0 aliphatic heterocycles. The van der Waals surface area contributed by atoms with Gasteiger partial charge in [0.1, 0.15) is 22.9 Å². The highest BCUT2D eigenvalue weighted by Crippen LogP contribution is 2.39. The first-order valence-electron chi connectivity index (χ1n) is 12.5. The second kappa shape index (κ2) is 11.6. The van der Waals surface area contributed by atoms with Gasteiger partial charge in [-0.1, -0.05) is 5.92 Å². The number of nitrogens with zero attached hydrogens (tertiary/aromatic N) is 4. The van der Waals surface area contributed by atoms with E-state index in [0.29, 0.717) is 57.3 Å². The van der Waals surface area contributed by atoms with Crippen LogP contribution in [0.1, 0.15) is 34.3 Å². The van der Waals surface area contributed by atoms with Crippen LogP contribution in [0.4, 0.5) is 5.88 Å². The van der Waals surface area contributed by atoms with Crippen LogP contribution in [-0.4, -0.2) is 67.5 Å². The first-order chi connectivity index (χ1) is 19.6. The number of aromatic nitrogens is 2. The Kier molecular flexibility index (Phi) is 8.21. The van der Waals surface area contributed by atoms with Crippen molar-refractivity contribution in [3.8, 4) is 34.8 Å². The van der Waals surface area contributed by atoms with E-state index in [9.17, 15) is 14.9 Å². The summed E-state index contributed by atoms with van der Waals surface area (Å²) in [5.74, 6) is 7.35. The van der Waals surface area contributed by atoms with Crippen LogP contribution in [0.15, 0.2) is 40.8 Å². The molecule has 2 aromatic heterocycles. The number of carbonyl (C=O) groups is 1. The zero-order chi connectivity index (χ0) is 29.9. The van der Waals surface area contributed by atoms with Crippen molar-refractivity contribution >= 4 is 22.6 Å². The van der Waals surface area contributed by atoms with Crippen LogP contribution in [0.3, 0.4) is 0 Å².